The molecule has 0 bridgehead atoms. The second kappa shape index (κ2) is 2.46. The second-order valence-electron chi connectivity index (χ2n) is 4.79. The molecule has 12 heavy (non-hydrogen) atoms. The number of nitrogens with zero attached hydrogens (tertiary/aromatic N) is 1. The fourth-order valence-corrected chi connectivity index (χ4v) is 3.30. The summed E-state index contributed by atoms with van der Waals surface area (Å²) in [5.41, 5.74) is 6.09. The maximum atomic E-state index is 6.09. The van der Waals surface area contributed by atoms with Gasteiger partial charge in [0.25, 0.3) is 0 Å². The smallest absolute Gasteiger partial charge is 0.0199 e. The third-order valence-electron chi connectivity index (χ3n) is 4.04. The average molecular weight is 166 g/mol. The summed E-state index contributed by atoms with van der Waals surface area (Å²) in [5.74, 6) is 1.90. The van der Waals surface area contributed by atoms with E-state index in [1.807, 2.05) is 0 Å². The largest absolute Gasteiger partial charge is 0.326 e. The lowest BCUT2D eigenvalue weighted by atomic mass is 9.91. The number of nitrogens with two attached hydrogens (primary N) is 1. The van der Waals surface area contributed by atoms with Crippen molar-refractivity contribution >= 4 is 0 Å². The molecule has 0 spiro atoms. The van der Waals surface area contributed by atoms with Crippen molar-refractivity contribution in [3.8, 4) is 0 Å². The van der Waals surface area contributed by atoms with E-state index in [9.17, 15) is 0 Å². The molecule has 2 N–H and O–H groups in total. The molecule has 2 aliphatic heterocycles. The molecule has 2 saturated heterocycles. The van der Waals surface area contributed by atoms with Crippen LogP contribution in [-0.2, 0) is 0 Å². The Morgan fingerprint density at radius 1 is 1.17 bits per heavy atom. The summed E-state index contributed by atoms with van der Waals surface area (Å²) in [6.45, 7) is 2.51. The summed E-state index contributed by atoms with van der Waals surface area (Å²) in [6, 6.07) is 1.44. The van der Waals surface area contributed by atoms with E-state index in [4.69, 9.17) is 5.73 Å². The molecule has 0 aromatic rings. The monoisotopic (exact) mass is 166 g/mol. The fourth-order valence-electron chi connectivity index (χ4n) is 3.30. The van der Waals surface area contributed by atoms with E-state index >= 15 is 0 Å². The molecule has 3 fully saturated rings. The van der Waals surface area contributed by atoms with Crippen molar-refractivity contribution in [3.63, 3.8) is 0 Å². The minimum atomic E-state index is 0.504. The van der Waals surface area contributed by atoms with Crippen LogP contribution >= 0.6 is 0 Å². The summed E-state index contributed by atoms with van der Waals surface area (Å²) in [6.07, 6.45) is 5.75. The van der Waals surface area contributed by atoms with Gasteiger partial charge in [-0.1, -0.05) is 6.42 Å². The van der Waals surface area contributed by atoms with Gasteiger partial charge in [-0.2, -0.15) is 0 Å². The molecule has 4 atom stereocenters. The van der Waals surface area contributed by atoms with Crippen molar-refractivity contribution in [2.45, 2.75) is 37.8 Å². The minimum absolute atomic E-state index is 0.504. The molecule has 0 amide bonds. The summed E-state index contributed by atoms with van der Waals surface area (Å²) >= 11 is 0. The Morgan fingerprint density at radius 3 is 3.00 bits per heavy atom. The van der Waals surface area contributed by atoms with Crippen LogP contribution < -0.4 is 5.73 Å². The number of rotatable bonds is 0. The Kier molecular flexibility index (Phi) is 1.50. The highest BCUT2D eigenvalue weighted by Gasteiger charge is 2.52. The zero-order valence-electron chi connectivity index (χ0n) is 7.58. The van der Waals surface area contributed by atoms with Crippen LogP contribution in [0.15, 0.2) is 0 Å². The van der Waals surface area contributed by atoms with Gasteiger partial charge in [-0.05, 0) is 37.6 Å². The minimum Gasteiger partial charge on any atom is -0.326 e. The predicted molar refractivity (Wildman–Crippen MR) is 48.8 cm³/mol. The Hall–Kier alpha value is -0.0800. The van der Waals surface area contributed by atoms with Crippen LogP contribution in [0.5, 0.6) is 0 Å². The van der Waals surface area contributed by atoms with Gasteiger partial charge in [-0.3, -0.25) is 4.90 Å². The summed E-state index contributed by atoms with van der Waals surface area (Å²) in [4.78, 5) is 2.66. The third-order valence-corrected chi connectivity index (χ3v) is 4.04. The zero-order valence-corrected chi connectivity index (χ0v) is 7.58. The van der Waals surface area contributed by atoms with E-state index in [0.717, 1.165) is 17.9 Å². The van der Waals surface area contributed by atoms with Gasteiger partial charge in [0.2, 0.25) is 0 Å². The lowest BCUT2D eigenvalue weighted by molar-refractivity contribution is 0.0878. The first-order chi connectivity index (χ1) is 5.86. The fraction of sp³-hybridized carbons (Fsp3) is 1.00. The lowest BCUT2D eigenvalue weighted by Gasteiger charge is -2.41. The van der Waals surface area contributed by atoms with Gasteiger partial charge in [-0.25, -0.2) is 0 Å². The first-order valence-electron chi connectivity index (χ1n) is 5.36. The maximum absolute atomic E-state index is 6.09. The van der Waals surface area contributed by atoms with Gasteiger partial charge in [0.15, 0.2) is 0 Å². The van der Waals surface area contributed by atoms with Gasteiger partial charge in [0, 0.05) is 18.6 Å². The maximum Gasteiger partial charge on any atom is 0.0199 e. The van der Waals surface area contributed by atoms with Crippen molar-refractivity contribution in [1.82, 2.24) is 4.90 Å². The predicted octanol–water partition coefficient (Wildman–Crippen LogP) is 0.818. The molecule has 1 aliphatic carbocycles. The van der Waals surface area contributed by atoms with Gasteiger partial charge in [-0.15, -0.1) is 0 Å². The molecule has 2 nitrogen and oxygen atoms in total. The van der Waals surface area contributed by atoms with Gasteiger partial charge in [0.05, 0.1) is 0 Å². The molecule has 4 unspecified atom stereocenters. The van der Waals surface area contributed by atoms with Crippen LogP contribution in [0.1, 0.15) is 25.7 Å². The summed E-state index contributed by atoms with van der Waals surface area (Å²) in [5, 5.41) is 0. The van der Waals surface area contributed by atoms with E-state index in [1.54, 1.807) is 0 Å². The molecule has 1 saturated carbocycles. The highest BCUT2D eigenvalue weighted by atomic mass is 15.2. The van der Waals surface area contributed by atoms with E-state index < -0.39 is 0 Å². The summed E-state index contributed by atoms with van der Waals surface area (Å²) < 4.78 is 0. The Bertz CT molecular complexity index is 192. The number of hydrogen-bond acceptors (Lipinski definition) is 2. The standard InChI is InChI=1S/C10H18N2/c11-9-6-12-4-2-1-3-10(12)8-5-7(8)9/h7-10H,1-6,11H2. The van der Waals surface area contributed by atoms with Gasteiger partial charge < -0.3 is 5.73 Å². The molecular formula is C10H18N2. The molecule has 68 valence electrons. The first-order valence-corrected chi connectivity index (χ1v) is 5.36. The molecular weight excluding hydrogens is 148 g/mol. The van der Waals surface area contributed by atoms with E-state index in [-0.39, 0.29) is 0 Å². The molecule has 2 heterocycles. The van der Waals surface area contributed by atoms with Crippen LogP contribution in [0.4, 0.5) is 0 Å². The first kappa shape index (κ1) is 7.34. The highest BCUT2D eigenvalue weighted by Crippen LogP contribution is 2.50. The van der Waals surface area contributed by atoms with E-state index in [1.165, 1.54) is 38.8 Å². The van der Waals surface area contributed by atoms with Gasteiger partial charge >= 0.3 is 0 Å². The van der Waals surface area contributed by atoms with Crippen molar-refractivity contribution in [3.05, 3.63) is 0 Å². The third kappa shape index (κ3) is 0.944. The van der Waals surface area contributed by atoms with Crippen molar-refractivity contribution < 1.29 is 0 Å². The van der Waals surface area contributed by atoms with Crippen LogP contribution in [0, 0.1) is 11.8 Å². The quantitative estimate of drug-likeness (QED) is 0.577. The molecule has 3 rings (SSSR count). The van der Waals surface area contributed by atoms with Crippen molar-refractivity contribution in [2.24, 2.45) is 17.6 Å². The number of fused-ring (bicyclic) bond motifs is 3. The van der Waals surface area contributed by atoms with Crippen LogP contribution in [0.3, 0.4) is 0 Å². The lowest BCUT2D eigenvalue weighted by Crippen LogP contribution is -2.52. The average Bonchev–Trinajstić information content (AvgIpc) is 2.84. The highest BCUT2D eigenvalue weighted by molar-refractivity contribution is 5.06. The molecule has 0 aromatic heterocycles. The van der Waals surface area contributed by atoms with Crippen LogP contribution in [0.25, 0.3) is 0 Å². The Balaban J connectivity index is 1.77. The molecule has 2 heteroatoms. The molecule has 3 aliphatic rings. The summed E-state index contributed by atoms with van der Waals surface area (Å²) in [7, 11) is 0. The zero-order chi connectivity index (χ0) is 8.13. The Labute approximate surface area is 74.1 Å². The van der Waals surface area contributed by atoms with Crippen LogP contribution in [0.2, 0.25) is 0 Å². The number of hydrogen-bond donors (Lipinski definition) is 1. The Morgan fingerprint density at radius 2 is 2.08 bits per heavy atom. The topological polar surface area (TPSA) is 29.3 Å². The SMILES string of the molecule is NC1CN2CCCCC2C2CC12. The van der Waals surface area contributed by atoms with Crippen molar-refractivity contribution in [2.75, 3.05) is 13.1 Å². The van der Waals surface area contributed by atoms with E-state index in [0.29, 0.717) is 6.04 Å². The van der Waals surface area contributed by atoms with E-state index in [2.05, 4.69) is 4.90 Å². The second-order valence-corrected chi connectivity index (χ2v) is 4.79. The van der Waals surface area contributed by atoms with Crippen molar-refractivity contribution in [1.29, 1.82) is 0 Å². The van der Waals surface area contributed by atoms with Gasteiger partial charge in [0.1, 0.15) is 0 Å². The molecule has 0 aromatic carbocycles. The molecule has 0 radical (unpaired) electrons. The van der Waals surface area contributed by atoms with Crippen LogP contribution in [-0.4, -0.2) is 30.1 Å². The number of piperidine rings is 2. The normalized spacial score (nSPS) is 52.8.